The number of hydrogen-bond acceptors (Lipinski definition) is 3. The number of benzene rings is 1. The molecule has 0 saturated carbocycles. The smallest absolute Gasteiger partial charge is 0.130 e. The Bertz CT molecular complexity index is 571. The Morgan fingerprint density at radius 1 is 1.22 bits per heavy atom. The van der Waals surface area contributed by atoms with E-state index in [1.54, 1.807) is 24.5 Å². The van der Waals surface area contributed by atoms with E-state index in [0.29, 0.717) is 11.3 Å². The minimum Gasteiger partial charge on any atom is -0.483 e. The van der Waals surface area contributed by atoms with Gasteiger partial charge in [-0.25, -0.2) is 0 Å². The molecule has 0 radical (unpaired) electrons. The van der Waals surface area contributed by atoms with E-state index >= 15 is 0 Å². The van der Waals surface area contributed by atoms with Crippen molar-refractivity contribution in [2.75, 3.05) is 0 Å². The molecule has 0 aliphatic carbocycles. The van der Waals surface area contributed by atoms with Crippen molar-refractivity contribution in [3.63, 3.8) is 0 Å². The summed E-state index contributed by atoms with van der Waals surface area (Å²) in [6.07, 6.45) is 3.52. The molecule has 0 bridgehead atoms. The maximum absolute atomic E-state index is 8.86. The molecule has 0 N–H and O–H groups in total. The molecular formula is C15H14N2O. The summed E-state index contributed by atoms with van der Waals surface area (Å²) in [6.45, 7) is 3.95. The first kappa shape index (κ1) is 12.1. The highest BCUT2D eigenvalue weighted by atomic mass is 16.5. The zero-order valence-corrected chi connectivity index (χ0v) is 10.4. The molecule has 0 aliphatic heterocycles. The third-order valence-electron chi connectivity index (χ3n) is 2.69. The van der Waals surface area contributed by atoms with Crippen LogP contribution in [0, 0.1) is 11.3 Å². The minimum absolute atomic E-state index is 0.484. The fourth-order valence-corrected chi connectivity index (χ4v) is 1.70. The number of ether oxygens (including phenoxy) is 1. The van der Waals surface area contributed by atoms with E-state index in [-0.39, 0.29) is 0 Å². The maximum atomic E-state index is 8.86. The van der Waals surface area contributed by atoms with Crippen molar-refractivity contribution in [1.82, 2.24) is 4.98 Å². The van der Waals surface area contributed by atoms with Crippen molar-refractivity contribution in [2.45, 2.75) is 19.4 Å². The molecule has 2 rings (SSSR count). The molecule has 0 aliphatic rings. The number of hydrogen-bond donors (Lipinski definition) is 0. The van der Waals surface area contributed by atoms with Crippen LogP contribution in [0.4, 0.5) is 0 Å². The molecular weight excluding hydrogens is 224 g/mol. The molecule has 18 heavy (non-hydrogen) atoms. The average molecular weight is 238 g/mol. The first-order valence-electron chi connectivity index (χ1n) is 5.71. The zero-order chi connectivity index (χ0) is 13.0. The van der Waals surface area contributed by atoms with E-state index < -0.39 is 5.60 Å². The van der Waals surface area contributed by atoms with E-state index in [0.717, 1.165) is 5.56 Å². The predicted molar refractivity (Wildman–Crippen MR) is 69.0 cm³/mol. The lowest BCUT2D eigenvalue weighted by Gasteiger charge is -2.26. The summed E-state index contributed by atoms with van der Waals surface area (Å²) in [6, 6.07) is 13.1. The van der Waals surface area contributed by atoms with Gasteiger partial charge in [-0.15, -0.1) is 0 Å². The van der Waals surface area contributed by atoms with Crippen LogP contribution < -0.4 is 4.74 Å². The van der Waals surface area contributed by atoms with Crippen molar-refractivity contribution >= 4 is 0 Å². The van der Waals surface area contributed by atoms with Gasteiger partial charge in [-0.05, 0) is 38.1 Å². The third-order valence-corrected chi connectivity index (χ3v) is 2.69. The lowest BCUT2D eigenvalue weighted by atomic mass is 10.00. The van der Waals surface area contributed by atoms with Crippen LogP contribution in [0.15, 0.2) is 48.8 Å². The van der Waals surface area contributed by atoms with Crippen LogP contribution in [0.3, 0.4) is 0 Å². The highest BCUT2D eigenvalue weighted by molar-refractivity contribution is 5.37. The van der Waals surface area contributed by atoms with Crippen molar-refractivity contribution < 1.29 is 4.74 Å². The molecule has 3 nitrogen and oxygen atoms in total. The molecule has 0 spiro atoms. The number of aromatic nitrogens is 1. The average Bonchev–Trinajstić information content (AvgIpc) is 2.39. The number of nitriles is 1. The van der Waals surface area contributed by atoms with E-state index in [1.165, 1.54) is 0 Å². The monoisotopic (exact) mass is 238 g/mol. The SMILES string of the molecule is CC(C)(Oc1cccc(C#N)c1)c1cccnc1. The van der Waals surface area contributed by atoms with Gasteiger partial charge >= 0.3 is 0 Å². The van der Waals surface area contributed by atoms with Crippen molar-refractivity contribution in [1.29, 1.82) is 5.26 Å². The molecule has 2 aromatic rings. The topological polar surface area (TPSA) is 45.9 Å². The molecule has 0 atom stereocenters. The standard InChI is InChI=1S/C15H14N2O/c1-15(2,13-6-4-8-17-11-13)18-14-7-3-5-12(9-14)10-16/h3-9,11H,1-2H3. The van der Waals surface area contributed by atoms with E-state index in [2.05, 4.69) is 11.1 Å². The van der Waals surface area contributed by atoms with Crippen LogP contribution in [0.2, 0.25) is 0 Å². The fourth-order valence-electron chi connectivity index (χ4n) is 1.70. The van der Waals surface area contributed by atoms with Gasteiger partial charge in [0, 0.05) is 18.0 Å². The molecule has 1 aromatic heterocycles. The van der Waals surface area contributed by atoms with E-state index in [9.17, 15) is 0 Å². The van der Waals surface area contributed by atoms with Gasteiger partial charge in [0.15, 0.2) is 0 Å². The Morgan fingerprint density at radius 2 is 2.06 bits per heavy atom. The van der Waals surface area contributed by atoms with Crippen molar-refractivity contribution in [3.05, 3.63) is 59.9 Å². The number of nitrogens with zero attached hydrogens (tertiary/aromatic N) is 2. The Labute approximate surface area is 107 Å². The van der Waals surface area contributed by atoms with Gasteiger partial charge < -0.3 is 4.74 Å². The molecule has 0 fully saturated rings. The van der Waals surface area contributed by atoms with Gasteiger partial charge in [0.1, 0.15) is 11.4 Å². The van der Waals surface area contributed by atoms with Crippen molar-refractivity contribution in [3.8, 4) is 11.8 Å². The first-order chi connectivity index (χ1) is 8.62. The molecule has 0 unspecified atom stereocenters. The Morgan fingerprint density at radius 3 is 2.72 bits per heavy atom. The van der Waals surface area contributed by atoms with Crippen molar-refractivity contribution in [2.24, 2.45) is 0 Å². The Balaban J connectivity index is 2.25. The second kappa shape index (κ2) is 4.89. The molecule has 3 heteroatoms. The summed E-state index contributed by atoms with van der Waals surface area (Å²) in [5, 5.41) is 8.86. The van der Waals surface area contributed by atoms with Crippen LogP contribution in [0.25, 0.3) is 0 Å². The lowest BCUT2D eigenvalue weighted by Crippen LogP contribution is -2.25. The minimum atomic E-state index is -0.484. The van der Waals surface area contributed by atoms with Gasteiger partial charge in [-0.1, -0.05) is 12.1 Å². The molecule has 90 valence electrons. The summed E-state index contributed by atoms with van der Waals surface area (Å²) in [5.74, 6) is 0.683. The molecule has 0 amide bonds. The van der Waals surface area contributed by atoms with Crippen LogP contribution in [-0.2, 0) is 5.60 Å². The summed E-state index contributed by atoms with van der Waals surface area (Å²) < 4.78 is 5.94. The van der Waals surface area contributed by atoms with Gasteiger partial charge in [0.05, 0.1) is 11.6 Å². The predicted octanol–water partition coefficient (Wildman–Crippen LogP) is 3.27. The number of rotatable bonds is 3. The summed E-state index contributed by atoms with van der Waals surface area (Å²) >= 11 is 0. The lowest BCUT2D eigenvalue weighted by molar-refractivity contribution is 0.108. The van der Waals surface area contributed by atoms with Crippen LogP contribution in [-0.4, -0.2) is 4.98 Å². The van der Waals surface area contributed by atoms with Gasteiger partial charge in [0.2, 0.25) is 0 Å². The summed E-state index contributed by atoms with van der Waals surface area (Å²) in [5.41, 5.74) is 1.10. The second-order valence-electron chi connectivity index (χ2n) is 4.49. The normalized spacial score (nSPS) is 10.7. The van der Waals surface area contributed by atoms with Gasteiger partial charge in [0.25, 0.3) is 0 Å². The molecule has 0 saturated heterocycles. The second-order valence-corrected chi connectivity index (χ2v) is 4.49. The Kier molecular flexibility index (Phi) is 3.29. The summed E-state index contributed by atoms with van der Waals surface area (Å²) in [4.78, 5) is 4.09. The Hall–Kier alpha value is -2.34. The highest BCUT2D eigenvalue weighted by Gasteiger charge is 2.22. The van der Waals surface area contributed by atoms with E-state index in [1.807, 2.05) is 38.1 Å². The van der Waals surface area contributed by atoms with Crippen LogP contribution in [0.1, 0.15) is 25.0 Å². The largest absolute Gasteiger partial charge is 0.483 e. The van der Waals surface area contributed by atoms with E-state index in [4.69, 9.17) is 10.00 Å². The maximum Gasteiger partial charge on any atom is 0.130 e. The summed E-state index contributed by atoms with van der Waals surface area (Å²) in [7, 11) is 0. The molecule has 1 aromatic carbocycles. The third kappa shape index (κ3) is 2.67. The van der Waals surface area contributed by atoms with Gasteiger partial charge in [-0.3, -0.25) is 4.98 Å². The zero-order valence-electron chi connectivity index (χ0n) is 10.4. The van der Waals surface area contributed by atoms with Crippen LogP contribution >= 0.6 is 0 Å². The molecule has 1 heterocycles. The highest BCUT2D eigenvalue weighted by Crippen LogP contribution is 2.27. The first-order valence-corrected chi connectivity index (χ1v) is 5.71. The van der Waals surface area contributed by atoms with Gasteiger partial charge in [-0.2, -0.15) is 5.26 Å². The van der Waals surface area contributed by atoms with Crippen LogP contribution in [0.5, 0.6) is 5.75 Å². The quantitative estimate of drug-likeness (QED) is 0.824. The number of pyridine rings is 1. The fraction of sp³-hybridized carbons (Fsp3) is 0.200.